The molecule has 0 saturated carbocycles. The molecular weight excluding hydrogens is 336 g/mol. The zero-order valence-electron chi connectivity index (χ0n) is 9.29. The van der Waals surface area contributed by atoms with E-state index in [9.17, 15) is 0 Å². The molecule has 0 amide bonds. The van der Waals surface area contributed by atoms with Crippen LogP contribution in [0.5, 0.6) is 0 Å². The summed E-state index contributed by atoms with van der Waals surface area (Å²) in [6.45, 7) is 3.99. The molecule has 4 heteroatoms. The van der Waals surface area contributed by atoms with Crippen LogP contribution in [0.3, 0.4) is 0 Å². The maximum atomic E-state index is 5.74. The average Bonchev–Trinajstić information content (AvgIpc) is 2.29. The molecule has 0 aliphatic carbocycles. The van der Waals surface area contributed by atoms with Crippen molar-refractivity contribution in [2.24, 2.45) is 0 Å². The van der Waals surface area contributed by atoms with E-state index in [2.05, 4.69) is 44.0 Å². The molecular formula is C12H16Br2O2. The minimum atomic E-state index is 0.0814. The molecule has 0 bridgehead atoms. The van der Waals surface area contributed by atoms with Crippen molar-refractivity contribution in [3.63, 3.8) is 0 Å². The van der Waals surface area contributed by atoms with Crippen molar-refractivity contribution in [2.45, 2.75) is 13.0 Å². The molecule has 0 heterocycles. The van der Waals surface area contributed by atoms with Gasteiger partial charge in [0.25, 0.3) is 0 Å². The fourth-order valence-electron chi connectivity index (χ4n) is 1.33. The molecule has 0 fully saturated rings. The molecule has 0 aromatic heterocycles. The Morgan fingerprint density at radius 1 is 1.31 bits per heavy atom. The predicted molar refractivity (Wildman–Crippen MR) is 73.1 cm³/mol. The summed E-state index contributed by atoms with van der Waals surface area (Å²) in [5.74, 6) is 0. The Kier molecular flexibility index (Phi) is 7.28. The van der Waals surface area contributed by atoms with E-state index in [1.165, 1.54) is 5.56 Å². The van der Waals surface area contributed by atoms with Crippen molar-refractivity contribution in [1.82, 2.24) is 0 Å². The van der Waals surface area contributed by atoms with E-state index in [1.807, 2.05) is 19.1 Å². The lowest BCUT2D eigenvalue weighted by atomic mass is 10.1. The molecule has 1 rings (SSSR count). The van der Waals surface area contributed by atoms with Crippen molar-refractivity contribution >= 4 is 31.9 Å². The number of alkyl halides is 1. The Bertz CT molecular complexity index is 305. The molecule has 0 spiro atoms. The first-order valence-corrected chi connectivity index (χ1v) is 7.20. The van der Waals surface area contributed by atoms with E-state index in [1.54, 1.807) is 0 Å². The molecule has 0 radical (unpaired) electrons. The summed E-state index contributed by atoms with van der Waals surface area (Å²) in [6.07, 6.45) is 0.0814. The van der Waals surface area contributed by atoms with Crippen molar-refractivity contribution in [3.8, 4) is 0 Å². The second-order valence-electron chi connectivity index (χ2n) is 3.27. The van der Waals surface area contributed by atoms with Gasteiger partial charge in [-0.1, -0.05) is 44.0 Å². The van der Waals surface area contributed by atoms with Crippen LogP contribution in [0.4, 0.5) is 0 Å². The van der Waals surface area contributed by atoms with E-state index in [4.69, 9.17) is 9.47 Å². The highest BCUT2D eigenvalue weighted by Gasteiger charge is 2.10. The van der Waals surface area contributed by atoms with Crippen LogP contribution < -0.4 is 0 Å². The summed E-state index contributed by atoms with van der Waals surface area (Å²) in [6, 6.07) is 8.17. The van der Waals surface area contributed by atoms with Gasteiger partial charge in [0.15, 0.2) is 0 Å². The Balaban J connectivity index is 2.47. The van der Waals surface area contributed by atoms with Crippen LogP contribution in [0.25, 0.3) is 0 Å². The number of rotatable bonds is 7. The molecule has 1 atom stereocenters. The second kappa shape index (κ2) is 8.23. The Hall–Kier alpha value is 0.1000. The summed E-state index contributed by atoms with van der Waals surface area (Å²) >= 11 is 6.92. The highest BCUT2D eigenvalue weighted by atomic mass is 79.9. The summed E-state index contributed by atoms with van der Waals surface area (Å²) in [5, 5.41) is 0.787. The van der Waals surface area contributed by atoms with Gasteiger partial charge >= 0.3 is 0 Å². The fraction of sp³-hybridized carbons (Fsp3) is 0.500. The first-order valence-electron chi connectivity index (χ1n) is 5.28. The summed E-state index contributed by atoms with van der Waals surface area (Å²) in [4.78, 5) is 0. The molecule has 0 aliphatic heterocycles. The third-order valence-corrected chi connectivity index (χ3v) is 3.19. The minimum Gasteiger partial charge on any atom is -0.379 e. The smallest absolute Gasteiger partial charge is 0.0923 e. The van der Waals surface area contributed by atoms with Gasteiger partial charge in [-0.05, 0) is 24.6 Å². The molecule has 2 nitrogen and oxygen atoms in total. The quantitative estimate of drug-likeness (QED) is 0.547. The Morgan fingerprint density at radius 2 is 2.12 bits per heavy atom. The van der Waals surface area contributed by atoms with E-state index in [0.717, 1.165) is 16.4 Å². The van der Waals surface area contributed by atoms with Gasteiger partial charge in [-0.3, -0.25) is 0 Å². The van der Waals surface area contributed by atoms with Crippen LogP contribution in [0.15, 0.2) is 28.7 Å². The normalized spacial score (nSPS) is 12.7. The van der Waals surface area contributed by atoms with Crippen LogP contribution in [-0.2, 0) is 9.47 Å². The molecule has 0 aliphatic rings. The van der Waals surface area contributed by atoms with Gasteiger partial charge in [-0.25, -0.2) is 0 Å². The van der Waals surface area contributed by atoms with E-state index in [-0.39, 0.29) is 6.10 Å². The number of hydrogen-bond acceptors (Lipinski definition) is 2. The number of halogens is 2. The Labute approximate surface area is 114 Å². The van der Waals surface area contributed by atoms with Gasteiger partial charge in [0.2, 0.25) is 0 Å². The highest BCUT2D eigenvalue weighted by molar-refractivity contribution is 9.10. The van der Waals surface area contributed by atoms with E-state index >= 15 is 0 Å². The fourth-order valence-corrected chi connectivity index (χ4v) is 2.31. The molecule has 90 valence electrons. The molecule has 1 aromatic rings. The van der Waals surface area contributed by atoms with Crippen molar-refractivity contribution in [3.05, 3.63) is 34.3 Å². The van der Waals surface area contributed by atoms with Gasteiger partial charge in [-0.15, -0.1) is 0 Å². The summed E-state index contributed by atoms with van der Waals surface area (Å²) in [7, 11) is 0. The highest BCUT2D eigenvalue weighted by Crippen LogP contribution is 2.22. The van der Waals surface area contributed by atoms with Gasteiger partial charge in [0.05, 0.1) is 19.3 Å². The van der Waals surface area contributed by atoms with Crippen LogP contribution in [0.2, 0.25) is 0 Å². The number of hydrogen-bond donors (Lipinski definition) is 0. The van der Waals surface area contributed by atoms with Crippen molar-refractivity contribution < 1.29 is 9.47 Å². The zero-order chi connectivity index (χ0) is 11.8. The lowest BCUT2D eigenvalue weighted by Crippen LogP contribution is -2.11. The van der Waals surface area contributed by atoms with Gasteiger partial charge in [0.1, 0.15) is 0 Å². The molecule has 0 saturated heterocycles. The lowest BCUT2D eigenvalue weighted by Gasteiger charge is -2.16. The molecule has 1 unspecified atom stereocenters. The minimum absolute atomic E-state index is 0.0814. The van der Waals surface area contributed by atoms with Crippen LogP contribution >= 0.6 is 31.9 Å². The molecule has 16 heavy (non-hydrogen) atoms. The van der Waals surface area contributed by atoms with Crippen molar-refractivity contribution in [2.75, 3.05) is 25.2 Å². The predicted octanol–water partition coefficient (Wildman–Crippen LogP) is 3.94. The lowest BCUT2D eigenvalue weighted by molar-refractivity contribution is 0.0171. The standard InChI is InChI=1S/C12H16Br2O2/c1-2-15-6-7-16-12(9-13)10-4-3-5-11(14)8-10/h3-5,8,12H,2,6-7,9H2,1H3. The van der Waals surface area contributed by atoms with Gasteiger partial charge in [0, 0.05) is 16.4 Å². The van der Waals surface area contributed by atoms with Crippen LogP contribution in [0, 0.1) is 0 Å². The van der Waals surface area contributed by atoms with Gasteiger partial charge in [-0.2, -0.15) is 0 Å². The molecule has 0 N–H and O–H groups in total. The first-order chi connectivity index (χ1) is 7.77. The van der Waals surface area contributed by atoms with Crippen molar-refractivity contribution in [1.29, 1.82) is 0 Å². The summed E-state index contributed by atoms with van der Waals surface area (Å²) < 4.78 is 12.1. The zero-order valence-corrected chi connectivity index (χ0v) is 12.5. The third-order valence-electron chi connectivity index (χ3n) is 2.11. The Morgan fingerprint density at radius 3 is 2.75 bits per heavy atom. The number of ether oxygens (including phenoxy) is 2. The largest absolute Gasteiger partial charge is 0.379 e. The molecule has 1 aromatic carbocycles. The third kappa shape index (κ3) is 4.95. The summed E-state index contributed by atoms with van der Waals surface area (Å²) in [5.41, 5.74) is 1.17. The van der Waals surface area contributed by atoms with E-state index < -0.39 is 0 Å². The van der Waals surface area contributed by atoms with Crippen LogP contribution in [-0.4, -0.2) is 25.2 Å². The SMILES string of the molecule is CCOCCOC(CBr)c1cccc(Br)c1. The average molecular weight is 352 g/mol. The van der Waals surface area contributed by atoms with E-state index in [0.29, 0.717) is 13.2 Å². The topological polar surface area (TPSA) is 18.5 Å². The maximum absolute atomic E-state index is 5.74. The first kappa shape index (κ1) is 14.2. The monoisotopic (exact) mass is 350 g/mol. The number of benzene rings is 1. The van der Waals surface area contributed by atoms with Gasteiger partial charge < -0.3 is 9.47 Å². The second-order valence-corrected chi connectivity index (χ2v) is 4.83. The van der Waals surface area contributed by atoms with Crippen LogP contribution in [0.1, 0.15) is 18.6 Å². The maximum Gasteiger partial charge on any atom is 0.0923 e.